The van der Waals surface area contributed by atoms with E-state index in [-0.39, 0.29) is 11.1 Å². The lowest BCUT2D eigenvalue weighted by Crippen LogP contribution is -2.49. The summed E-state index contributed by atoms with van der Waals surface area (Å²) < 4.78 is 0. The Hall–Kier alpha value is -3.24. The first-order chi connectivity index (χ1) is 14.4. The van der Waals surface area contributed by atoms with Crippen LogP contribution in [0.2, 0.25) is 0 Å². The number of hydrogen-bond donors (Lipinski definition) is 1. The van der Waals surface area contributed by atoms with Crippen LogP contribution in [0.1, 0.15) is 56.2 Å². The van der Waals surface area contributed by atoms with Crippen LogP contribution >= 0.6 is 0 Å². The van der Waals surface area contributed by atoms with Crippen LogP contribution in [0.5, 0.6) is 0 Å². The van der Waals surface area contributed by atoms with Gasteiger partial charge in [-0.25, -0.2) is 0 Å². The van der Waals surface area contributed by atoms with Crippen LogP contribution in [0.3, 0.4) is 0 Å². The van der Waals surface area contributed by atoms with Gasteiger partial charge in [0.2, 0.25) is 0 Å². The van der Waals surface area contributed by atoms with E-state index < -0.39 is 0 Å². The van der Waals surface area contributed by atoms with Gasteiger partial charge in [-0.05, 0) is 86.6 Å². The third-order valence-corrected chi connectivity index (χ3v) is 5.98. The smallest absolute Gasteiger partial charge is 0.130 e. The minimum atomic E-state index is 0.0768. The number of nitriles is 2. The molecule has 2 aromatic rings. The van der Waals surface area contributed by atoms with Crippen molar-refractivity contribution in [2.75, 3.05) is 23.3 Å². The summed E-state index contributed by atoms with van der Waals surface area (Å²) in [7, 11) is 0. The first-order valence-electron chi connectivity index (χ1n) is 10.6. The maximum absolute atomic E-state index is 9.13. The Morgan fingerprint density at radius 2 is 1.90 bits per heavy atom. The van der Waals surface area contributed by atoms with Crippen molar-refractivity contribution in [2.45, 2.75) is 52.0 Å². The van der Waals surface area contributed by atoms with Crippen molar-refractivity contribution < 1.29 is 0 Å². The zero-order valence-corrected chi connectivity index (χ0v) is 18.4. The van der Waals surface area contributed by atoms with Crippen LogP contribution in [-0.4, -0.2) is 18.6 Å². The Kier molecular flexibility index (Phi) is 6.48. The van der Waals surface area contributed by atoms with Crippen molar-refractivity contribution in [2.24, 2.45) is 0 Å². The molecule has 1 aliphatic heterocycles. The van der Waals surface area contributed by atoms with Gasteiger partial charge in [-0.1, -0.05) is 25.1 Å². The predicted molar refractivity (Wildman–Crippen MR) is 124 cm³/mol. The number of allylic oxidation sites excluding steroid dienone is 1. The second-order valence-electron chi connectivity index (χ2n) is 8.76. The molecule has 30 heavy (non-hydrogen) atoms. The van der Waals surface area contributed by atoms with E-state index in [1.165, 1.54) is 11.3 Å². The number of para-hydroxylation sites is 1. The summed E-state index contributed by atoms with van der Waals surface area (Å²) in [5.41, 5.74) is 6.01. The molecular weight excluding hydrogens is 368 g/mol. The lowest BCUT2D eigenvalue weighted by Gasteiger charge is -2.48. The Balaban J connectivity index is 1.83. The molecule has 0 amide bonds. The number of anilines is 2. The molecule has 1 N–H and O–H groups in total. The molecule has 154 valence electrons. The molecule has 0 saturated carbocycles. The second-order valence-corrected chi connectivity index (χ2v) is 8.76. The molecule has 0 radical (unpaired) electrons. The van der Waals surface area contributed by atoms with Gasteiger partial charge in [-0.3, -0.25) is 0 Å². The van der Waals surface area contributed by atoms with E-state index >= 15 is 0 Å². The lowest BCUT2D eigenvalue weighted by molar-refractivity contribution is 0.375. The average Bonchev–Trinajstić information content (AvgIpc) is 2.72. The molecule has 0 spiro atoms. The van der Waals surface area contributed by atoms with E-state index in [4.69, 9.17) is 10.5 Å². The average molecular weight is 399 g/mol. The number of hydrogen-bond acceptors (Lipinski definition) is 4. The molecule has 0 aliphatic carbocycles. The number of benzene rings is 2. The maximum Gasteiger partial charge on any atom is 0.130 e. The summed E-state index contributed by atoms with van der Waals surface area (Å²) in [5, 5.41) is 21.8. The van der Waals surface area contributed by atoms with Gasteiger partial charge in [0.15, 0.2) is 0 Å². The third kappa shape index (κ3) is 4.66. The van der Waals surface area contributed by atoms with Crippen LogP contribution in [0.15, 0.2) is 48.0 Å². The van der Waals surface area contributed by atoms with Crippen molar-refractivity contribution in [1.29, 1.82) is 10.5 Å². The highest BCUT2D eigenvalue weighted by atomic mass is 15.2. The van der Waals surface area contributed by atoms with Crippen LogP contribution in [0, 0.1) is 29.6 Å². The Morgan fingerprint density at radius 1 is 1.20 bits per heavy atom. The largest absolute Gasteiger partial charge is 0.385 e. The summed E-state index contributed by atoms with van der Waals surface area (Å²) in [5.74, 6) is 0.425. The van der Waals surface area contributed by atoms with Crippen molar-refractivity contribution in [3.05, 3.63) is 64.7 Å². The minimum Gasteiger partial charge on any atom is -0.385 e. The van der Waals surface area contributed by atoms with Gasteiger partial charge in [0.25, 0.3) is 0 Å². The molecule has 1 atom stereocenters. The van der Waals surface area contributed by atoms with E-state index in [0.717, 1.165) is 42.7 Å². The number of nitrogens with one attached hydrogen (secondary N) is 1. The van der Waals surface area contributed by atoms with Crippen molar-refractivity contribution in [1.82, 2.24) is 0 Å². The van der Waals surface area contributed by atoms with Crippen LogP contribution in [0.25, 0.3) is 6.08 Å². The minimum absolute atomic E-state index is 0.0768. The van der Waals surface area contributed by atoms with Crippen LogP contribution in [0.4, 0.5) is 11.4 Å². The fraction of sp³-hybridized carbons (Fsp3) is 0.385. The number of fused-ring (bicyclic) bond motifs is 1. The molecule has 2 aromatic carbocycles. The predicted octanol–water partition coefficient (Wildman–Crippen LogP) is 6.02. The topological polar surface area (TPSA) is 62.9 Å². The SMILES string of the molecule is Cc1cc2c(cc1C=C(C#N)C#N)C(C)CC(C)(C)N2CCCNc1ccccc1. The number of nitrogens with zero attached hydrogens (tertiary/aromatic N) is 3. The van der Waals surface area contributed by atoms with E-state index in [1.807, 2.05) is 30.3 Å². The quantitative estimate of drug-likeness (QED) is 0.477. The fourth-order valence-electron chi connectivity index (χ4n) is 4.50. The second kappa shape index (κ2) is 9.06. The highest BCUT2D eigenvalue weighted by molar-refractivity contribution is 5.71. The highest BCUT2D eigenvalue weighted by Gasteiger charge is 2.36. The number of rotatable bonds is 6. The normalized spacial score (nSPS) is 16.7. The first-order valence-corrected chi connectivity index (χ1v) is 10.6. The Morgan fingerprint density at radius 3 is 2.57 bits per heavy atom. The van der Waals surface area contributed by atoms with Gasteiger partial charge in [0.05, 0.1) is 0 Å². The molecule has 4 heteroatoms. The van der Waals surface area contributed by atoms with Gasteiger partial charge in [0.1, 0.15) is 17.7 Å². The van der Waals surface area contributed by atoms with E-state index in [2.05, 4.69) is 62.2 Å². The monoisotopic (exact) mass is 398 g/mol. The van der Waals surface area contributed by atoms with Crippen molar-refractivity contribution in [3.8, 4) is 12.1 Å². The summed E-state index contributed by atoms with van der Waals surface area (Å²) in [6, 6.07) is 18.7. The lowest BCUT2D eigenvalue weighted by atomic mass is 9.78. The van der Waals surface area contributed by atoms with Gasteiger partial charge in [-0.2, -0.15) is 10.5 Å². The van der Waals surface area contributed by atoms with Crippen molar-refractivity contribution >= 4 is 17.5 Å². The molecule has 4 nitrogen and oxygen atoms in total. The van der Waals surface area contributed by atoms with Crippen LogP contribution in [-0.2, 0) is 0 Å². The molecule has 1 heterocycles. The Labute approximate surface area is 180 Å². The molecule has 3 rings (SSSR count). The van der Waals surface area contributed by atoms with E-state index in [9.17, 15) is 0 Å². The molecule has 1 unspecified atom stereocenters. The summed E-state index contributed by atoms with van der Waals surface area (Å²) >= 11 is 0. The van der Waals surface area contributed by atoms with E-state index in [1.54, 1.807) is 6.08 Å². The molecule has 0 fully saturated rings. The maximum atomic E-state index is 9.13. The van der Waals surface area contributed by atoms with E-state index in [0.29, 0.717) is 5.92 Å². The summed E-state index contributed by atoms with van der Waals surface area (Å²) in [6.07, 6.45) is 3.82. The summed E-state index contributed by atoms with van der Waals surface area (Å²) in [6.45, 7) is 10.9. The first kappa shape index (κ1) is 21.5. The van der Waals surface area contributed by atoms with Gasteiger partial charge >= 0.3 is 0 Å². The zero-order valence-electron chi connectivity index (χ0n) is 18.4. The van der Waals surface area contributed by atoms with Gasteiger partial charge in [-0.15, -0.1) is 0 Å². The van der Waals surface area contributed by atoms with Crippen molar-refractivity contribution in [3.63, 3.8) is 0 Å². The highest BCUT2D eigenvalue weighted by Crippen LogP contribution is 2.44. The molecular formula is C26H30N4. The third-order valence-electron chi connectivity index (χ3n) is 5.98. The number of aryl methyl sites for hydroxylation is 1. The standard InChI is InChI=1S/C26H30N4/c1-19-13-25-24(15-22(19)14-21(17-27)18-28)20(2)16-26(3,4)30(25)12-8-11-29-23-9-6-5-7-10-23/h5-7,9-10,13-15,20,29H,8,11-12,16H2,1-4H3. The molecule has 0 saturated heterocycles. The van der Waals surface area contributed by atoms with Gasteiger partial charge in [0, 0.05) is 30.0 Å². The molecule has 1 aliphatic rings. The van der Waals surface area contributed by atoms with Gasteiger partial charge < -0.3 is 10.2 Å². The fourth-order valence-corrected chi connectivity index (χ4v) is 4.50. The van der Waals surface area contributed by atoms with Crippen LogP contribution < -0.4 is 10.2 Å². The Bertz CT molecular complexity index is 990. The summed E-state index contributed by atoms with van der Waals surface area (Å²) in [4.78, 5) is 2.53. The molecule has 0 bridgehead atoms. The molecule has 0 aromatic heterocycles. The zero-order chi connectivity index (χ0) is 21.7.